The Morgan fingerprint density at radius 2 is 2.31 bits per heavy atom. The molecule has 2 aliphatic rings. The molecule has 2 aromatic rings. The standard InChI is InChI=1S/C19H24N4O3/c1-13-2-3-15(26-13)11-23-7-4-16-14(10-23)12-25-18(16)9-22-19(24)17-8-20-5-6-21-17/h2-3,5-6,8,14,16,18H,4,7,9-12H2,1H3,(H,22,24)/t14-,16-,18+/m1/s1. The van der Waals surface area contributed by atoms with Gasteiger partial charge in [0, 0.05) is 31.4 Å². The number of nitrogens with zero attached hydrogens (tertiary/aromatic N) is 3. The zero-order chi connectivity index (χ0) is 17.9. The van der Waals surface area contributed by atoms with Crippen molar-refractivity contribution in [1.29, 1.82) is 0 Å². The van der Waals surface area contributed by atoms with Crippen LogP contribution in [-0.4, -0.2) is 53.1 Å². The van der Waals surface area contributed by atoms with Gasteiger partial charge in [-0.1, -0.05) is 0 Å². The molecule has 1 N–H and O–H groups in total. The Labute approximate surface area is 152 Å². The summed E-state index contributed by atoms with van der Waals surface area (Å²) in [5.74, 6) is 2.78. The Hall–Kier alpha value is -2.25. The lowest BCUT2D eigenvalue weighted by molar-refractivity contribution is 0.0737. The Balaban J connectivity index is 1.28. The molecule has 4 heterocycles. The number of rotatable bonds is 5. The molecular formula is C19H24N4O3. The summed E-state index contributed by atoms with van der Waals surface area (Å²) in [5.41, 5.74) is 0.339. The van der Waals surface area contributed by atoms with Crippen LogP contribution in [0.1, 0.15) is 28.4 Å². The fourth-order valence-electron chi connectivity index (χ4n) is 4.01. The molecule has 4 rings (SSSR count). The maximum Gasteiger partial charge on any atom is 0.271 e. The lowest BCUT2D eigenvalue weighted by atomic mass is 9.84. The van der Waals surface area contributed by atoms with Crippen LogP contribution >= 0.6 is 0 Å². The van der Waals surface area contributed by atoms with Gasteiger partial charge >= 0.3 is 0 Å². The van der Waals surface area contributed by atoms with Crippen LogP contribution in [0.3, 0.4) is 0 Å². The van der Waals surface area contributed by atoms with E-state index in [0.717, 1.165) is 44.2 Å². The van der Waals surface area contributed by atoms with Crippen LogP contribution in [0.25, 0.3) is 0 Å². The van der Waals surface area contributed by atoms with Crippen molar-refractivity contribution in [2.45, 2.75) is 26.0 Å². The summed E-state index contributed by atoms with van der Waals surface area (Å²) in [5, 5.41) is 2.93. The summed E-state index contributed by atoms with van der Waals surface area (Å²) in [6.07, 6.45) is 5.71. The molecule has 138 valence electrons. The third kappa shape index (κ3) is 3.78. The van der Waals surface area contributed by atoms with Gasteiger partial charge in [0.05, 0.1) is 25.5 Å². The highest BCUT2D eigenvalue weighted by Gasteiger charge is 2.40. The summed E-state index contributed by atoms with van der Waals surface area (Å²) >= 11 is 0. The van der Waals surface area contributed by atoms with Crippen molar-refractivity contribution in [3.63, 3.8) is 0 Å². The number of piperidine rings is 1. The van der Waals surface area contributed by atoms with Crippen molar-refractivity contribution in [1.82, 2.24) is 20.2 Å². The van der Waals surface area contributed by atoms with E-state index in [1.165, 1.54) is 12.4 Å². The Bertz CT molecular complexity index is 748. The van der Waals surface area contributed by atoms with Crippen LogP contribution < -0.4 is 5.32 Å². The molecule has 2 aromatic heterocycles. The number of carbonyl (C=O) groups is 1. The van der Waals surface area contributed by atoms with Crippen molar-refractivity contribution in [2.75, 3.05) is 26.2 Å². The number of hydrogen-bond acceptors (Lipinski definition) is 6. The highest BCUT2D eigenvalue weighted by molar-refractivity contribution is 5.91. The Morgan fingerprint density at radius 3 is 3.08 bits per heavy atom. The van der Waals surface area contributed by atoms with Crippen LogP contribution in [0.15, 0.2) is 35.1 Å². The van der Waals surface area contributed by atoms with Crippen LogP contribution in [0.5, 0.6) is 0 Å². The number of ether oxygens (including phenoxy) is 1. The number of amides is 1. The van der Waals surface area contributed by atoms with Gasteiger partial charge in [-0.25, -0.2) is 4.98 Å². The van der Waals surface area contributed by atoms with Crippen LogP contribution in [0.2, 0.25) is 0 Å². The van der Waals surface area contributed by atoms with Crippen LogP contribution in [0, 0.1) is 18.8 Å². The minimum absolute atomic E-state index is 0.0774. The van der Waals surface area contributed by atoms with E-state index in [0.29, 0.717) is 24.1 Å². The van der Waals surface area contributed by atoms with Gasteiger partial charge < -0.3 is 14.5 Å². The van der Waals surface area contributed by atoms with E-state index >= 15 is 0 Å². The monoisotopic (exact) mass is 356 g/mol. The van der Waals surface area contributed by atoms with Gasteiger partial charge in [0.15, 0.2) is 0 Å². The Morgan fingerprint density at radius 1 is 1.38 bits per heavy atom. The van der Waals surface area contributed by atoms with Gasteiger partial charge in [-0.2, -0.15) is 0 Å². The molecule has 0 unspecified atom stereocenters. The first-order chi connectivity index (χ1) is 12.7. The lowest BCUT2D eigenvalue weighted by Crippen LogP contribution is -2.43. The van der Waals surface area contributed by atoms with E-state index in [4.69, 9.17) is 9.15 Å². The number of aromatic nitrogens is 2. The molecule has 26 heavy (non-hydrogen) atoms. The number of carbonyl (C=O) groups excluding carboxylic acids is 1. The van der Waals surface area contributed by atoms with Crippen molar-refractivity contribution >= 4 is 5.91 Å². The van der Waals surface area contributed by atoms with Gasteiger partial charge in [0.2, 0.25) is 0 Å². The average Bonchev–Trinajstić information content (AvgIpc) is 3.26. The molecule has 0 radical (unpaired) electrons. The third-order valence-corrected chi connectivity index (χ3v) is 5.31. The summed E-state index contributed by atoms with van der Waals surface area (Å²) < 4.78 is 11.7. The van der Waals surface area contributed by atoms with E-state index in [-0.39, 0.29) is 12.0 Å². The molecule has 3 atom stereocenters. The number of aryl methyl sites for hydroxylation is 1. The quantitative estimate of drug-likeness (QED) is 0.877. The Kier molecular flexibility index (Phi) is 4.99. The maximum absolute atomic E-state index is 12.1. The van der Waals surface area contributed by atoms with E-state index in [9.17, 15) is 4.79 Å². The molecule has 0 aromatic carbocycles. The average molecular weight is 356 g/mol. The molecule has 0 spiro atoms. The first kappa shape index (κ1) is 17.2. The zero-order valence-corrected chi connectivity index (χ0v) is 14.9. The molecule has 7 heteroatoms. The van der Waals surface area contributed by atoms with E-state index in [1.54, 1.807) is 6.20 Å². The molecule has 0 aliphatic carbocycles. The highest BCUT2D eigenvalue weighted by atomic mass is 16.5. The maximum atomic E-state index is 12.1. The molecule has 1 amide bonds. The van der Waals surface area contributed by atoms with Gasteiger partial charge in [-0.15, -0.1) is 0 Å². The number of likely N-dealkylation sites (tertiary alicyclic amines) is 1. The molecule has 2 aliphatic heterocycles. The van der Waals surface area contributed by atoms with Gasteiger partial charge in [-0.3, -0.25) is 14.7 Å². The number of nitrogens with one attached hydrogen (secondary N) is 1. The minimum Gasteiger partial charge on any atom is -0.465 e. The van der Waals surface area contributed by atoms with E-state index in [1.807, 2.05) is 13.0 Å². The van der Waals surface area contributed by atoms with Crippen molar-refractivity contribution in [3.05, 3.63) is 47.9 Å². The van der Waals surface area contributed by atoms with Crippen molar-refractivity contribution < 1.29 is 13.9 Å². The second kappa shape index (κ2) is 7.55. The number of hydrogen-bond donors (Lipinski definition) is 1. The SMILES string of the molecule is Cc1ccc(CN2CC[C@@H]3[C@@H](CO[C@H]3CNC(=O)c3cnccn3)C2)o1. The third-order valence-electron chi connectivity index (χ3n) is 5.31. The first-order valence-corrected chi connectivity index (χ1v) is 9.12. The van der Waals surface area contributed by atoms with Gasteiger partial charge in [0.25, 0.3) is 5.91 Å². The highest BCUT2D eigenvalue weighted by Crippen LogP contribution is 2.34. The minimum atomic E-state index is -0.198. The van der Waals surface area contributed by atoms with E-state index < -0.39 is 0 Å². The predicted molar refractivity (Wildman–Crippen MR) is 94.4 cm³/mol. The summed E-state index contributed by atoms with van der Waals surface area (Å²) in [6.45, 7) is 6.14. The van der Waals surface area contributed by atoms with Crippen LogP contribution in [0.4, 0.5) is 0 Å². The number of furan rings is 1. The normalized spacial score (nSPS) is 25.8. The van der Waals surface area contributed by atoms with Crippen molar-refractivity contribution in [3.8, 4) is 0 Å². The second-order valence-electron chi connectivity index (χ2n) is 7.13. The topological polar surface area (TPSA) is 80.5 Å². The predicted octanol–water partition coefficient (Wildman–Crippen LogP) is 1.64. The van der Waals surface area contributed by atoms with Crippen molar-refractivity contribution in [2.24, 2.45) is 11.8 Å². The largest absolute Gasteiger partial charge is 0.465 e. The molecule has 0 bridgehead atoms. The fourth-order valence-corrected chi connectivity index (χ4v) is 4.01. The molecule has 0 saturated carbocycles. The summed E-state index contributed by atoms with van der Waals surface area (Å²) in [6, 6.07) is 4.06. The second-order valence-corrected chi connectivity index (χ2v) is 7.13. The zero-order valence-electron chi connectivity index (χ0n) is 14.9. The van der Waals surface area contributed by atoms with Gasteiger partial charge in [-0.05, 0) is 37.9 Å². The molecule has 7 nitrogen and oxygen atoms in total. The smallest absolute Gasteiger partial charge is 0.271 e. The lowest BCUT2D eigenvalue weighted by Gasteiger charge is -2.35. The van der Waals surface area contributed by atoms with Gasteiger partial charge in [0.1, 0.15) is 17.2 Å². The van der Waals surface area contributed by atoms with E-state index in [2.05, 4.69) is 26.3 Å². The first-order valence-electron chi connectivity index (χ1n) is 9.12. The van der Waals surface area contributed by atoms with Crippen LogP contribution in [-0.2, 0) is 11.3 Å². The summed E-state index contributed by atoms with van der Waals surface area (Å²) in [7, 11) is 0. The number of fused-ring (bicyclic) bond motifs is 1. The molecule has 2 saturated heterocycles. The molecule has 2 fully saturated rings. The molecular weight excluding hydrogens is 332 g/mol. The summed E-state index contributed by atoms with van der Waals surface area (Å²) in [4.78, 5) is 22.5. The fraction of sp³-hybridized carbons (Fsp3) is 0.526.